The van der Waals surface area contributed by atoms with E-state index in [9.17, 15) is 12.8 Å². The Morgan fingerprint density at radius 2 is 1.70 bits per heavy atom. The zero-order valence-corrected chi connectivity index (χ0v) is 18.3. The molecule has 3 heterocycles. The first-order chi connectivity index (χ1) is 14.4. The van der Waals surface area contributed by atoms with Gasteiger partial charge in [-0.2, -0.15) is 17.0 Å². The molecule has 7 nitrogen and oxygen atoms in total. The predicted molar refractivity (Wildman–Crippen MR) is 115 cm³/mol. The lowest BCUT2D eigenvalue weighted by molar-refractivity contribution is 0.290. The quantitative estimate of drug-likeness (QED) is 0.725. The molecular formula is C21H28FN5O2S. The highest BCUT2D eigenvalue weighted by molar-refractivity contribution is 7.86. The second-order valence-corrected chi connectivity index (χ2v) is 10.1. The molecule has 9 heteroatoms. The van der Waals surface area contributed by atoms with Gasteiger partial charge in [0.25, 0.3) is 10.2 Å². The summed E-state index contributed by atoms with van der Waals surface area (Å²) in [6.07, 6.45) is 5.23. The number of hydrogen-bond donors (Lipinski definition) is 0. The lowest BCUT2D eigenvalue weighted by Crippen LogP contribution is -2.46. The molecule has 2 fully saturated rings. The highest BCUT2D eigenvalue weighted by Crippen LogP contribution is 2.35. The van der Waals surface area contributed by atoms with Gasteiger partial charge in [-0.15, -0.1) is 0 Å². The van der Waals surface area contributed by atoms with Crippen molar-refractivity contribution in [2.24, 2.45) is 0 Å². The average Bonchev–Trinajstić information content (AvgIpc) is 3.30. The molecule has 0 saturated carbocycles. The van der Waals surface area contributed by atoms with Crippen molar-refractivity contribution in [3.63, 3.8) is 0 Å². The van der Waals surface area contributed by atoms with Crippen molar-refractivity contribution in [2.75, 3.05) is 45.2 Å². The Morgan fingerprint density at radius 1 is 1.03 bits per heavy atom. The number of benzene rings is 1. The van der Waals surface area contributed by atoms with E-state index in [1.807, 2.05) is 19.0 Å². The first kappa shape index (κ1) is 21.1. The highest BCUT2D eigenvalue weighted by Gasteiger charge is 2.36. The molecule has 162 valence electrons. The molecule has 0 spiro atoms. The van der Waals surface area contributed by atoms with E-state index < -0.39 is 10.2 Å². The van der Waals surface area contributed by atoms with Gasteiger partial charge in [-0.1, -0.05) is 12.1 Å². The maximum absolute atomic E-state index is 13.4. The summed E-state index contributed by atoms with van der Waals surface area (Å²) < 4.78 is 42.9. The van der Waals surface area contributed by atoms with Gasteiger partial charge in [-0.25, -0.2) is 14.4 Å². The summed E-state index contributed by atoms with van der Waals surface area (Å²) in [6, 6.07) is 6.27. The zero-order chi connectivity index (χ0) is 21.3. The van der Waals surface area contributed by atoms with Crippen molar-refractivity contribution in [2.45, 2.75) is 31.6 Å². The summed E-state index contributed by atoms with van der Waals surface area (Å²) in [6.45, 7) is 2.13. The first-order valence-electron chi connectivity index (χ1n) is 10.4. The smallest absolute Gasteiger partial charge is 0.281 e. The fourth-order valence-electron chi connectivity index (χ4n) is 4.22. The lowest BCUT2D eigenvalue weighted by Gasteiger charge is -2.34. The van der Waals surface area contributed by atoms with Crippen molar-refractivity contribution in [3.8, 4) is 11.1 Å². The molecule has 2 aliphatic heterocycles. The molecule has 0 unspecified atom stereocenters. The van der Waals surface area contributed by atoms with Crippen LogP contribution in [0.15, 0.2) is 30.5 Å². The van der Waals surface area contributed by atoms with Gasteiger partial charge >= 0.3 is 0 Å². The molecule has 0 amide bonds. The van der Waals surface area contributed by atoms with Gasteiger partial charge in [0.15, 0.2) is 0 Å². The molecule has 4 rings (SSSR count). The second kappa shape index (κ2) is 8.56. The van der Waals surface area contributed by atoms with Gasteiger partial charge in [-0.3, -0.25) is 0 Å². The minimum atomic E-state index is -3.45. The van der Waals surface area contributed by atoms with Gasteiger partial charge in [0.05, 0.1) is 5.69 Å². The van der Waals surface area contributed by atoms with Crippen LogP contribution in [-0.2, 0) is 10.2 Å². The number of piperidine rings is 1. The number of nitrogens with zero attached hydrogens (tertiary/aromatic N) is 5. The largest absolute Gasteiger partial charge is 0.347 e. The summed E-state index contributed by atoms with van der Waals surface area (Å²) in [5, 5.41) is 0. The van der Waals surface area contributed by atoms with Crippen molar-refractivity contribution < 1.29 is 12.8 Å². The van der Waals surface area contributed by atoms with Crippen molar-refractivity contribution >= 4 is 16.2 Å². The van der Waals surface area contributed by atoms with E-state index in [2.05, 4.69) is 4.98 Å². The Kier molecular flexibility index (Phi) is 6.04. The standard InChI is InChI=1S/C21H28FN5O2S/c1-25(2)21-23-14-19(16-7-9-18(22)10-8-16)20(24-21)17-6-5-13-27(15-17)30(28,29)26-11-3-4-12-26/h7-10,14,17H,3-6,11-13,15H2,1-2H3/t17-/m1/s1. The summed E-state index contributed by atoms with van der Waals surface area (Å²) >= 11 is 0. The molecule has 1 atom stereocenters. The molecule has 0 N–H and O–H groups in total. The van der Waals surface area contributed by atoms with Gasteiger partial charge < -0.3 is 4.90 Å². The van der Waals surface area contributed by atoms with Crippen molar-refractivity contribution in [1.82, 2.24) is 18.6 Å². The molecule has 2 aliphatic rings. The molecule has 2 aromatic rings. The molecule has 0 aliphatic carbocycles. The fraction of sp³-hybridized carbons (Fsp3) is 0.524. The summed E-state index contributed by atoms with van der Waals surface area (Å²) in [7, 11) is 0.304. The van der Waals surface area contributed by atoms with Crippen molar-refractivity contribution in [1.29, 1.82) is 0 Å². The van der Waals surface area contributed by atoms with Crippen molar-refractivity contribution in [3.05, 3.63) is 42.0 Å². The first-order valence-corrected chi connectivity index (χ1v) is 11.8. The van der Waals surface area contributed by atoms with Crippen LogP contribution >= 0.6 is 0 Å². The third-order valence-electron chi connectivity index (χ3n) is 5.85. The van der Waals surface area contributed by atoms with E-state index in [-0.39, 0.29) is 11.7 Å². The Hall–Kier alpha value is -2.10. The Labute approximate surface area is 177 Å². The van der Waals surface area contributed by atoms with E-state index in [0.29, 0.717) is 32.1 Å². The van der Waals surface area contributed by atoms with Crippen LogP contribution in [0.2, 0.25) is 0 Å². The van der Waals surface area contributed by atoms with Crippen LogP contribution in [0.1, 0.15) is 37.3 Å². The van der Waals surface area contributed by atoms with Crippen LogP contribution in [0.5, 0.6) is 0 Å². The summed E-state index contributed by atoms with van der Waals surface area (Å²) in [4.78, 5) is 11.1. The zero-order valence-electron chi connectivity index (χ0n) is 17.5. The van der Waals surface area contributed by atoms with Crippen LogP contribution in [0.3, 0.4) is 0 Å². The maximum atomic E-state index is 13.4. The molecule has 0 bridgehead atoms. The van der Waals surface area contributed by atoms with Crippen LogP contribution in [-0.4, -0.2) is 67.3 Å². The molecule has 1 aromatic carbocycles. The van der Waals surface area contributed by atoms with Gasteiger partial charge in [0.1, 0.15) is 5.82 Å². The third-order valence-corrected chi connectivity index (χ3v) is 7.85. The van der Waals surface area contributed by atoms with Crippen LogP contribution in [0.25, 0.3) is 11.1 Å². The van der Waals surface area contributed by atoms with E-state index >= 15 is 0 Å². The SMILES string of the molecule is CN(C)c1ncc(-c2ccc(F)cc2)c([C@@H]2CCCN(S(=O)(=O)N3CCCC3)C2)n1. The Morgan fingerprint density at radius 3 is 2.37 bits per heavy atom. The monoisotopic (exact) mass is 433 g/mol. The topological polar surface area (TPSA) is 69.6 Å². The Balaban J connectivity index is 1.69. The van der Waals surface area contributed by atoms with E-state index in [0.717, 1.165) is 42.5 Å². The Bertz CT molecular complexity index is 991. The molecule has 0 radical (unpaired) electrons. The minimum absolute atomic E-state index is 0.0436. The van der Waals surface area contributed by atoms with E-state index in [1.165, 1.54) is 12.1 Å². The lowest BCUT2D eigenvalue weighted by atomic mass is 9.91. The number of hydrogen-bond acceptors (Lipinski definition) is 5. The van der Waals surface area contributed by atoms with E-state index in [1.54, 1.807) is 26.9 Å². The number of anilines is 1. The molecular weight excluding hydrogens is 405 g/mol. The highest BCUT2D eigenvalue weighted by atomic mass is 32.2. The normalized spacial score (nSPS) is 21.1. The van der Waals surface area contributed by atoms with Crippen LogP contribution in [0.4, 0.5) is 10.3 Å². The average molecular weight is 434 g/mol. The summed E-state index contributed by atoms with van der Waals surface area (Å²) in [5.74, 6) is 0.236. The fourth-order valence-corrected chi connectivity index (χ4v) is 6.00. The predicted octanol–water partition coefficient (Wildman–Crippen LogP) is 2.87. The number of halogens is 1. The number of rotatable bonds is 5. The van der Waals surface area contributed by atoms with E-state index in [4.69, 9.17) is 4.98 Å². The maximum Gasteiger partial charge on any atom is 0.281 e. The van der Waals surface area contributed by atoms with Crippen LogP contribution in [0, 0.1) is 5.82 Å². The van der Waals surface area contributed by atoms with Gasteiger partial charge in [0.2, 0.25) is 5.95 Å². The molecule has 2 saturated heterocycles. The van der Waals surface area contributed by atoms with Crippen LogP contribution < -0.4 is 4.90 Å². The molecule has 1 aromatic heterocycles. The third kappa shape index (κ3) is 4.19. The van der Waals surface area contributed by atoms with Gasteiger partial charge in [-0.05, 0) is 43.4 Å². The van der Waals surface area contributed by atoms with Gasteiger partial charge in [0, 0.05) is 58.0 Å². The number of aromatic nitrogens is 2. The second-order valence-electron chi connectivity index (χ2n) is 8.18. The molecule has 30 heavy (non-hydrogen) atoms. The summed E-state index contributed by atoms with van der Waals surface area (Å²) in [5.41, 5.74) is 2.48. The minimum Gasteiger partial charge on any atom is -0.347 e.